The number of carbonyl (C=O) groups is 1. The molecule has 2 heterocycles. The van der Waals surface area contributed by atoms with Gasteiger partial charge in [0.2, 0.25) is 5.91 Å². The molecule has 0 saturated carbocycles. The van der Waals surface area contributed by atoms with Crippen LogP contribution < -0.4 is 10.6 Å². The second kappa shape index (κ2) is 5.95. The number of anilines is 2. The standard InChI is InChI=1S/C14H16N4O/c1-2-18(13-7-6-11(15)10-17-13)14(19)9-12-5-3-4-8-16-12/h3-8,10H,2,9,15H2,1H3. The Morgan fingerprint density at radius 2 is 2.11 bits per heavy atom. The number of hydrogen-bond donors (Lipinski definition) is 1. The molecule has 2 aromatic rings. The number of nitrogen functional groups attached to an aromatic ring is 1. The molecule has 0 aliphatic rings. The van der Waals surface area contributed by atoms with Gasteiger partial charge >= 0.3 is 0 Å². The first-order valence-electron chi connectivity index (χ1n) is 6.12. The third-order valence-electron chi connectivity index (χ3n) is 2.72. The third kappa shape index (κ3) is 3.28. The monoisotopic (exact) mass is 256 g/mol. The molecule has 1 amide bonds. The smallest absolute Gasteiger partial charge is 0.234 e. The summed E-state index contributed by atoms with van der Waals surface area (Å²) in [5.74, 6) is 0.580. The Kier molecular flexibility index (Phi) is 4.07. The van der Waals surface area contributed by atoms with E-state index in [1.54, 1.807) is 29.4 Å². The lowest BCUT2D eigenvalue weighted by molar-refractivity contribution is -0.118. The van der Waals surface area contributed by atoms with E-state index in [1.165, 1.54) is 0 Å². The molecular formula is C14H16N4O. The van der Waals surface area contributed by atoms with Crippen molar-refractivity contribution in [2.45, 2.75) is 13.3 Å². The molecular weight excluding hydrogens is 240 g/mol. The molecule has 0 radical (unpaired) electrons. The van der Waals surface area contributed by atoms with Crippen molar-refractivity contribution < 1.29 is 4.79 Å². The van der Waals surface area contributed by atoms with Crippen molar-refractivity contribution in [3.8, 4) is 0 Å². The Bertz CT molecular complexity index is 539. The normalized spacial score (nSPS) is 10.2. The predicted molar refractivity (Wildman–Crippen MR) is 74.6 cm³/mol. The summed E-state index contributed by atoms with van der Waals surface area (Å²) < 4.78 is 0. The molecule has 0 bridgehead atoms. The van der Waals surface area contributed by atoms with Crippen molar-refractivity contribution in [3.63, 3.8) is 0 Å². The maximum atomic E-state index is 12.2. The van der Waals surface area contributed by atoms with E-state index in [1.807, 2.05) is 25.1 Å². The molecule has 0 saturated heterocycles. The van der Waals surface area contributed by atoms with Crippen molar-refractivity contribution in [1.82, 2.24) is 9.97 Å². The van der Waals surface area contributed by atoms with Gasteiger partial charge in [0.15, 0.2) is 0 Å². The van der Waals surface area contributed by atoms with E-state index in [-0.39, 0.29) is 12.3 Å². The van der Waals surface area contributed by atoms with Gasteiger partial charge in [0.25, 0.3) is 0 Å². The van der Waals surface area contributed by atoms with Crippen LogP contribution in [0.25, 0.3) is 0 Å². The molecule has 0 spiro atoms. The van der Waals surface area contributed by atoms with E-state index >= 15 is 0 Å². The van der Waals surface area contributed by atoms with Crippen molar-refractivity contribution in [1.29, 1.82) is 0 Å². The molecule has 2 N–H and O–H groups in total. The van der Waals surface area contributed by atoms with Gasteiger partial charge in [0.05, 0.1) is 18.3 Å². The maximum Gasteiger partial charge on any atom is 0.234 e. The summed E-state index contributed by atoms with van der Waals surface area (Å²) in [5, 5.41) is 0. The average molecular weight is 256 g/mol. The summed E-state index contributed by atoms with van der Waals surface area (Å²) in [7, 11) is 0. The van der Waals surface area contributed by atoms with Gasteiger partial charge in [0, 0.05) is 18.4 Å². The Hall–Kier alpha value is -2.43. The lowest BCUT2D eigenvalue weighted by Crippen LogP contribution is -2.32. The molecule has 19 heavy (non-hydrogen) atoms. The minimum Gasteiger partial charge on any atom is -0.397 e. The fraction of sp³-hybridized carbons (Fsp3) is 0.214. The molecule has 98 valence electrons. The first-order chi connectivity index (χ1) is 9.20. The van der Waals surface area contributed by atoms with Crippen molar-refractivity contribution in [2.75, 3.05) is 17.2 Å². The van der Waals surface area contributed by atoms with Crippen molar-refractivity contribution >= 4 is 17.4 Å². The SMILES string of the molecule is CCN(C(=O)Cc1ccccn1)c1ccc(N)cn1. The Morgan fingerprint density at radius 1 is 1.26 bits per heavy atom. The molecule has 0 aromatic carbocycles. The second-order valence-electron chi connectivity index (χ2n) is 4.09. The van der Waals surface area contributed by atoms with Gasteiger partial charge < -0.3 is 5.73 Å². The van der Waals surface area contributed by atoms with Crippen molar-refractivity contribution in [2.24, 2.45) is 0 Å². The number of nitrogens with two attached hydrogens (primary N) is 1. The number of likely N-dealkylation sites (N-methyl/N-ethyl adjacent to an activating group) is 1. The summed E-state index contributed by atoms with van der Waals surface area (Å²) in [6.07, 6.45) is 3.49. The number of amides is 1. The van der Waals surface area contributed by atoms with E-state index in [2.05, 4.69) is 9.97 Å². The largest absolute Gasteiger partial charge is 0.397 e. The lowest BCUT2D eigenvalue weighted by atomic mass is 10.2. The van der Waals surface area contributed by atoms with Crippen LogP contribution in [-0.2, 0) is 11.2 Å². The molecule has 0 fully saturated rings. The van der Waals surface area contributed by atoms with E-state index in [4.69, 9.17) is 5.73 Å². The van der Waals surface area contributed by atoms with E-state index in [9.17, 15) is 4.79 Å². The molecule has 5 nitrogen and oxygen atoms in total. The topological polar surface area (TPSA) is 72.1 Å². The fourth-order valence-electron chi connectivity index (χ4n) is 1.78. The van der Waals surface area contributed by atoms with Crippen LogP contribution in [0.5, 0.6) is 0 Å². The minimum atomic E-state index is -0.0292. The van der Waals surface area contributed by atoms with E-state index in [0.717, 1.165) is 5.69 Å². The average Bonchev–Trinajstić information content (AvgIpc) is 2.43. The van der Waals surface area contributed by atoms with Crippen molar-refractivity contribution in [3.05, 3.63) is 48.4 Å². The highest BCUT2D eigenvalue weighted by atomic mass is 16.2. The lowest BCUT2D eigenvalue weighted by Gasteiger charge is -2.19. The van der Waals surface area contributed by atoms with Crippen LogP contribution in [0.4, 0.5) is 11.5 Å². The number of hydrogen-bond acceptors (Lipinski definition) is 4. The Balaban J connectivity index is 2.13. The Morgan fingerprint density at radius 3 is 2.68 bits per heavy atom. The van der Waals surface area contributed by atoms with Crippen LogP contribution in [-0.4, -0.2) is 22.4 Å². The predicted octanol–water partition coefficient (Wildman–Crippen LogP) is 1.65. The second-order valence-corrected chi connectivity index (χ2v) is 4.09. The van der Waals surface area contributed by atoms with Crippen LogP contribution in [0.15, 0.2) is 42.7 Å². The molecule has 0 atom stereocenters. The van der Waals surface area contributed by atoms with E-state index in [0.29, 0.717) is 18.1 Å². The summed E-state index contributed by atoms with van der Waals surface area (Å²) in [6, 6.07) is 9.01. The van der Waals surface area contributed by atoms with Gasteiger partial charge in [-0.05, 0) is 31.2 Å². The first kappa shape index (κ1) is 13.0. The summed E-state index contributed by atoms with van der Waals surface area (Å²) in [5.41, 5.74) is 6.92. The highest BCUT2D eigenvalue weighted by molar-refractivity contribution is 5.93. The molecule has 0 aliphatic heterocycles. The van der Waals surface area contributed by atoms with Gasteiger partial charge in [0.1, 0.15) is 5.82 Å². The first-order valence-corrected chi connectivity index (χ1v) is 6.12. The fourth-order valence-corrected chi connectivity index (χ4v) is 1.78. The maximum absolute atomic E-state index is 12.2. The van der Waals surface area contributed by atoms with Crippen LogP contribution in [0.3, 0.4) is 0 Å². The number of nitrogens with zero attached hydrogens (tertiary/aromatic N) is 3. The quantitative estimate of drug-likeness (QED) is 0.902. The van der Waals surface area contributed by atoms with Gasteiger partial charge in [-0.3, -0.25) is 14.7 Å². The summed E-state index contributed by atoms with van der Waals surface area (Å²) in [4.78, 5) is 22.2. The van der Waals surface area contributed by atoms with Crippen LogP contribution in [0.2, 0.25) is 0 Å². The Labute approximate surface area is 112 Å². The zero-order chi connectivity index (χ0) is 13.7. The highest BCUT2D eigenvalue weighted by Crippen LogP contribution is 2.13. The minimum absolute atomic E-state index is 0.0292. The van der Waals surface area contributed by atoms with Gasteiger partial charge in [-0.2, -0.15) is 0 Å². The summed E-state index contributed by atoms with van der Waals surface area (Å²) in [6.45, 7) is 2.47. The van der Waals surface area contributed by atoms with Crippen LogP contribution in [0, 0.1) is 0 Å². The molecule has 0 aliphatic carbocycles. The van der Waals surface area contributed by atoms with Crippen LogP contribution in [0.1, 0.15) is 12.6 Å². The zero-order valence-electron chi connectivity index (χ0n) is 10.8. The van der Waals surface area contributed by atoms with Crippen LogP contribution >= 0.6 is 0 Å². The number of carbonyl (C=O) groups excluding carboxylic acids is 1. The molecule has 0 unspecified atom stereocenters. The number of pyridine rings is 2. The summed E-state index contributed by atoms with van der Waals surface area (Å²) >= 11 is 0. The molecule has 2 rings (SSSR count). The van der Waals surface area contributed by atoms with Gasteiger partial charge in [-0.1, -0.05) is 6.07 Å². The molecule has 5 heteroatoms. The third-order valence-corrected chi connectivity index (χ3v) is 2.72. The van der Waals surface area contributed by atoms with E-state index < -0.39 is 0 Å². The number of rotatable bonds is 4. The zero-order valence-corrected chi connectivity index (χ0v) is 10.8. The van der Waals surface area contributed by atoms with Gasteiger partial charge in [-0.25, -0.2) is 4.98 Å². The molecule has 2 aromatic heterocycles. The highest BCUT2D eigenvalue weighted by Gasteiger charge is 2.15. The van der Waals surface area contributed by atoms with Gasteiger partial charge in [-0.15, -0.1) is 0 Å². The number of aromatic nitrogens is 2.